The Morgan fingerprint density at radius 2 is 1.74 bits per heavy atom. The molecule has 1 aromatic heterocycles. The van der Waals surface area contributed by atoms with E-state index >= 15 is 0 Å². The van der Waals surface area contributed by atoms with Crippen LogP contribution in [0.3, 0.4) is 0 Å². The fraction of sp³-hybridized carbons (Fsp3) is 0.222. The van der Waals surface area contributed by atoms with Gasteiger partial charge >= 0.3 is 0 Å². The van der Waals surface area contributed by atoms with Crippen molar-refractivity contribution in [3.63, 3.8) is 0 Å². The molecule has 0 radical (unpaired) electrons. The molecule has 0 fully saturated rings. The quantitative estimate of drug-likeness (QED) is 0.712. The highest BCUT2D eigenvalue weighted by atomic mass is 32.2. The van der Waals surface area contributed by atoms with Crippen LogP contribution >= 0.6 is 11.8 Å². The van der Waals surface area contributed by atoms with Gasteiger partial charge in [0, 0.05) is 10.3 Å². The van der Waals surface area contributed by atoms with Crippen molar-refractivity contribution < 1.29 is 5.11 Å². The Morgan fingerprint density at radius 1 is 1.04 bits per heavy atom. The first-order valence-electron chi connectivity index (χ1n) is 7.43. The molecule has 1 heterocycles. The molecule has 0 aliphatic heterocycles. The summed E-state index contributed by atoms with van der Waals surface area (Å²) in [5, 5.41) is 13.9. The van der Waals surface area contributed by atoms with Crippen molar-refractivity contribution in [3.05, 3.63) is 72.8 Å². The van der Waals surface area contributed by atoms with E-state index in [1.165, 1.54) is 5.56 Å². The molecule has 1 unspecified atom stereocenters. The molecule has 0 bridgehead atoms. The highest BCUT2D eigenvalue weighted by Crippen LogP contribution is 2.45. The van der Waals surface area contributed by atoms with Crippen molar-refractivity contribution in [2.24, 2.45) is 0 Å². The number of phenols is 1. The lowest BCUT2D eigenvalue weighted by atomic mass is 9.84. The Kier molecular flexibility index (Phi) is 4.39. The number of nitrogens with zero attached hydrogens (tertiary/aromatic N) is 3. The van der Waals surface area contributed by atoms with Crippen LogP contribution in [-0.2, 0) is 5.41 Å². The van der Waals surface area contributed by atoms with Crippen molar-refractivity contribution in [2.75, 3.05) is 0 Å². The second kappa shape index (κ2) is 6.46. The Balaban J connectivity index is 1.97. The van der Waals surface area contributed by atoms with E-state index in [0.717, 1.165) is 4.90 Å². The third-order valence-electron chi connectivity index (χ3n) is 3.90. The van der Waals surface area contributed by atoms with E-state index < -0.39 is 0 Å². The van der Waals surface area contributed by atoms with Gasteiger partial charge in [-0.1, -0.05) is 55.9 Å². The molecule has 4 nitrogen and oxygen atoms in total. The van der Waals surface area contributed by atoms with Crippen molar-refractivity contribution in [2.45, 2.75) is 29.5 Å². The minimum atomic E-state index is -0.155. The number of benzene rings is 2. The second-order valence-corrected chi connectivity index (χ2v) is 7.08. The summed E-state index contributed by atoms with van der Waals surface area (Å²) in [6.07, 6.45) is 3.31. The first-order chi connectivity index (χ1) is 11.1. The Morgan fingerprint density at radius 3 is 2.35 bits per heavy atom. The predicted molar refractivity (Wildman–Crippen MR) is 92.5 cm³/mol. The molecule has 118 valence electrons. The summed E-state index contributed by atoms with van der Waals surface area (Å²) in [6.45, 7) is 4.42. The van der Waals surface area contributed by atoms with Crippen LogP contribution in [0.4, 0.5) is 0 Å². The average molecular weight is 325 g/mol. The molecule has 0 amide bonds. The van der Waals surface area contributed by atoms with Gasteiger partial charge < -0.3 is 5.11 Å². The zero-order chi connectivity index (χ0) is 16.3. The Labute approximate surface area is 140 Å². The second-order valence-electron chi connectivity index (χ2n) is 5.93. The number of rotatable bonds is 5. The maximum atomic E-state index is 9.48. The minimum absolute atomic E-state index is 0.0388. The highest BCUT2D eigenvalue weighted by Gasteiger charge is 2.34. The molecule has 23 heavy (non-hydrogen) atoms. The van der Waals surface area contributed by atoms with E-state index in [-0.39, 0.29) is 16.5 Å². The summed E-state index contributed by atoms with van der Waals surface area (Å²) in [4.78, 5) is 5.18. The monoisotopic (exact) mass is 325 g/mol. The zero-order valence-corrected chi connectivity index (χ0v) is 13.9. The van der Waals surface area contributed by atoms with E-state index in [2.05, 4.69) is 48.2 Å². The van der Waals surface area contributed by atoms with E-state index in [1.54, 1.807) is 36.5 Å². The summed E-state index contributed by atoms with van der Waals surface area (Å²) in [7, 11) is 0. The topological polar surface area (TPSA) is 50.9 Å². The lowest BCUT2D eigenvalue weighted by Gasteiger charge is -2.34. The maximum absolute atomic E-state index is 9.48. The summed E-state index contributed by atoms with van der Waals surface area (Å²) >= 11 is 1.71. The van der Waals surface area contributed by atoms with Gasteiger partial charge in [-0.25, -0.2) is 9.67 Å². The summed E-state index contributed by atoms with van der Waals surface area (Å²) in [6, 6.07) is 17.7. The van der Waals surface area contributed by atoms with Gasteiger partial charge in [0.1, 0.15) is 23.8 Å². The maximum Gasteiger partial charge on any atom is 0.137 e. The Hall–Kier alpha value is -2.27. The van der Waals surface area contributed by atoms with Gasteiger partial charge in [0.2, 0.25) is 0 Å². The lowest BCUT2D eigenvalue weighted by Crippen LogP contribution is -2.29. The molecule has 3 rings (SSSR count). The molecule has 0 aliphatic rings. The summed E-state index contributed by atoms with van der Waals surface area (Å²) in [5.41, 5.74) is 1.09. The number of aromatic hydroxyl groups is 1. The lowest BCUT2D eigenvalue weighted by molar-refractivity contribution is 0.394. The molecule has 0 saturated heterocycles. The van der Waals surface area contributed by atoms with Gasteiger partial charge in [0.05, 0.1) is 0 Å². The van der Waals surface area contributed by atoms with Gasteiger partial charge in [-0.05, 0) is 29.8 Å². The normalized spacial score (nSPS) is 13.0. The number of thioether (sulfide) groups is 1. The summed E-state index contributed by atoms with van der Waals surface area (Å²) in [5.74, 6) is 0.272. The molecular formula is C18H19N3OS. The van der Waals surface area contributed by atoms with Gasteiger partial charge in [-0.15, -0.1) is 0 Å². The number of hydrogen-bond donors (Lipinski definition) is 1. The van der Waals surface area contributed by atoms with Crippen molar-refractivity contribution >= 4 is 11.8 Å². The molecule has 0 aliphatic carbocycles. The number of hydrogen-bond acceptors (Lipinski definition) is 4. The van der Waals surface area contributed by atoms with E-state index in [0.29, 0.717) is 0 Å². The first-order valence-corrected chi connectivity index (χ1v) is 8.30. The third kappa shape index (κ3) is 3.40. The molecule has 5 heteroatoms. The van der Waals surface area contributed by atoms with Gasteiger partial charge in [-0.3, -0.25) is 0 Å². The van der Waals surface area contributed by atoms with E-state index in [9.17, 15) is 5.11 Å². The highest BCUT2D eigenvalue weighted by molar-refractivity contribution is 7.99. The molecule has 2 aromatic carbocycles. The van der Waals surface area contributed by atoms with Crippen LogP contribution in [0.15, 0.2) is 72.1 Å². The van der Waals surface area contributed by atoms with Crippen molar-refractivity contribution in [3.8, 4) is 5.75 Å². The molecule has 0 spiro atoms. The third-order valence-corrected chi connectivity index (χ3v) is 5.47. The number of aromatic nitrogens is 3. The van der Waals surface area contributed by atoms with Crippen LogP contribution in [0.2, 0.25) is 0 Å². The van der Waals surface area contributed by atoms with Crippen LogP contribution in [0.25, 0.3) is 0 Å². The van der Waals surface area contributed by atoms with E-state index in [4.69, 9.17) is 0 Å². The van der Waals surface area contributed by atoms with E-state index in [1.807, 2.05) is 22.9 Å². The van der Waals surface area contributed by atoms with Crippen LogP contribution in [-0.4, -0.2) is 19.9 Å². The minimum Gasteiger partial charge on any atom is -0.508 e. The summed E-state index contributed by atoms with van der Waals surface area (Å²) < 4.78 is 1.89. The average Bonchev–Trinajstić information content (AvgIpc) is 3.09. The van der Waals surface area contributed by atoms with Crippen LogP contribution < -0.4 is 0 Å². The standard InChI is InChI=1S/C18H19N3OS/c1-18(2,14-6-4-3-5-7-14)17(21-13-19-12-20-21)23-16-10-8-15(22)9-11-16/h3-13,17,22H,1-2H3. The van der Waals surface area contributed by atoms with Crippen LogP contribution in [0.5, 0.6) is 5.75 Å². The van der Waals surface area contributed by atoms with Gasteiger partial charge in [0.25, 0.3) is 0 Å². The molecule has 1 N–H and O–H groups in total. The smallest absolute Gasteiger partial charge is 0.137 e. The zero-order valence-electron chi connectivity index (χ0n) is 13.1. The van der Waals surface area contributed by atoms with Crippen molar-refractivity contribution in [1.82, 2.24) is 14.8 Å². The number of phenolic OH excluding ortho intramolecular Hbond substituents is 1. The van der Waals surface area contributed by atoms with Gasteiger partial charge in [0.15, 0.2) is 0 Å². The molecule has 3 aromatic rings. The van der Waals surface area contributed by atoms with Crippen LogP contribution in [0.1, 0.15) is 24.8 Å². The first kappa shape index (κ1) is 15.6. The Bertz CT molecular complexity index is 740. The fourth-order valence-electron chi connectivity index (χ4n) is 2.53. The SMILES string of the molecule is CC(C)(c1ccccc1)C(Sc1ccc(O)cc1)n1cncn1. The predicted octanol–water partition coefficient (Wildman–Crippen LogP) is 4.25. The largest absolute Gasteiger partial charge is 0.508 e. The molecule has 1 atom stereocenters. The van der Waals surface area contributed by atoms with Crippen molar-refractivity contribution in [1.29, 1.82) is 0 Å². The van der Waals surface area contributed by atoms with Crippen LogP contribution in [0, 0.1) is 0 Å². The fourth-order valence-corrected chi connectivity index (χ4v) is 3.73. The molecule has 0 saturated carbocycles. The molecular weight excluding hydrogens is 306 g/mol. The van der Waals surface area contributed by atoms with Gasteiger partial charge in [-0.2, -0.15) is 5.10 Å².